The Bertz CT molecular complexity index is 316. The molecular weight excluding hydrogens is 226 g/mol. The van der Waals surface area contributed by atoms with Crippen molar-refractivity contribution in [2.45, 2.75) is 58.2 Å². The summed E-state index contributed by atoms with van der Waals surface area (Å²) in [7, 11) is -3.39. The van der Waals surface area contributed by atoms with Gasteiger partial charge in [-0.25, -0.2) is 0 Å². The van der Waals surface area contributed by atoms with Crippen molar-refractivity contribution in [1.82, 2.24) is 9.03 Å². The summed E-state index contributed by atoms with van der Waals surface area (Å²) in [5.74, 6) is 0. The first-order valence-electron chi connectivity index (χ1n) is 5.89. The smallest absolute Gasteiger partial charge is 0.280 e. The molecule has 0 aliphatic carbocycles. The van der Waals surface area contributed by atoms with Crippen molar-refractivity contribution >= 4 is 10.2 Å². The van der Waals surface area contributed by atoms with Crippen molar-refractivity contribution in [2.75, 3.05) is 6.54 Å². The summed E-state index contributed by atoms with van der Waals surface area (Å²) in [4.78, 5) is 0. The van der Waals surface area contributed by atoms with Gasteiger partial charge in [-0.15, -0.1) is 0 Å². The first-order valence-corrected chi connectivity index (χ1v) is 7.33. The lowest BCUT2D eigenvalue weighted by molar-refractivity contribution is 0.193. The molecule has 0 saturated carbocycles. The molecule has 0 spiro atoms. The van der Waals surface area contributed by atoms with Crippen molar-refractivity contribution in [3.8, 4) is 0 Å². The molecule has 1 saturated heterocycles. The quantitative estimate of drug-likeness (QED) is 0.758. The number of nitrogens with zero attached hydrogens (tertiary/aromatic N) is 1. The van der Waals surface area contributed by atoms with Gasteiger partial charge in [0.2, 0.25) is 0 Å². The van der Waals surface area contributed by atoms with Gasteiger partial charge in [0.15, 0.2) is 0 Å². The summed E-state index contributed by atoms with van der Waals surface area (Å²) in [5.41, 5.74) is 5.65. The molecule has 0 aromatic heterocycles. The summed E-state index contributed by atoms with van der Waals surface area (Å²) >= 11 is 0. The van der Waals surface area contributed by atoms with Crippen LogP contribution in [-0.4, -0.2) is 37.4 Å². The van der Waals surface area contributed by atoms with E-state index >= 15 is 0 Å². The predicted octanol–water partition coefficient (Wildman–Crippen LogP) is 0.431. The Morgan fingerprint density at radius 2 is 2.06 bits per heavy atom. The van der Waals surface area contributed by atoms with Gasteiger partial charge in [-0.2, -0.15) is 17.4 Å². The Labute approximate surface area is 98.6 Å². The molecule has 0 aromatic rings. The zero-order chi connectivity index (χ0) is 12.3. The van der Waals surface area contributed by atoms with E-state index in [-0.39, 0.29) is 18.1 Å². The van der Waals surface area contributed by atoms with Gasteiger partial charge in [-0.3, -0.25) is 0 Å². The van der Waals surface area contributed by atoms with E-state index in [9.17, 15) is 8.42 Å². The maximum Gasteiger partial charge on any atom is 0.280 e. The minimum Gasteiger partial charge on any atom is -0.329 e. The van der Waals surface area contributed by atoms with E-state index in [1.807, 2.05) is 20.8 Å². The van der Waals surface area contributed by atoms with Crippen LogP contribution in [0.4, 0.5) is 0 Å². The first-order chi connectivity index (χ1) is 7.38. The van der Waals surface area contributed by atoms with Crippen LogP contribution in [0.1, 0.15) is 40.0 Å². The Kier molecular flexibility index (Phi) is 4.73. The summed E-state index contributed by atoms with van der Waals surface area (Å²) in [5, 5.41) is 0. The highest BCUT2D eigenvalue weighted by Crippen LogP contribution is 2.24. The minimum absolute atomic E-state index is 0.0403. The highest BCUT2D eigenvalue weighted by atomic mass is 32.2. The van der Waals surface area contributed by atoms with Crippen LogP contribution in [0, 0.1) is 0 Å². The standard InChI is InChI=1S/C10H23N3O2S/c1-8(2)12-16(14,15)13-9(3)5-4-6-10(13)7-11/h8-10,12H,4-7,11H2,1-3H3. The molecule has 0 bridgehead atoms. The van der Waals surface area contributed by atoms with E-state index < -0.39 is 10.2 Å². The normalized spacial score (nSPS) is 28.6. The zero-order valence-electron chi connectivity index (χ0n) is 10.3. The van der Waals surface area contributed by atoms with Crippen LogP contribution in [0.3, 0.4) is 0 Å². The molecule has 1 aliphatic rings. The predicted molar refractivity (Wildman–Crippen MR) is 65.2 cm³/mol. The second-order valence-electron chi connectivity index (χ2n) is 4.78. The Balaban J connectivity index is 2.88. The fourth-order valence-electron chi connectivity index (χ4n) is 2.28. The molecule has 1 aliphatic heterocycles. The van der Waals surface area contributed by atoms with E-state index in [1.165, 1.54) is 0 Å². The second kappa shape index (κ2) is 5.44. The van der Waals surface area contributed by atoms with Crippen LogP contribution in [0.15, 0.2) is 0 Å². The third-order valence-corrected chi connectivity index (χ3v) is 4.87. The van der Waals surface area contributed by atoms with Crippen molar-refractivity contribution < 1.29 is 8.42 Å². The monoisotopic (exact) mass is 249 g/mol. The Morgan fingerprint density at radius 1 is 1.44 bits per heavy atom. The van der Waals surface area contributed by atoms with E-state index in [0.29, 0.717) is 6.54 Å². The Morgan fingerprint density at radius 3 is 2.56 bits per heavy atom. The zero-order valence-corrected chi connectivity index (χ0v) is 11.1. The molecule has 1 rings (SSSR count). The van der Waals surface area contributed by atoms with Crippen molar-refractivity contribution in [1.29, 1.82) is 0 Å². The van der Waals surface area contributed by atoms with Gasteiger partial charge >= 0.3 is 0 Å². The molecule has 2 atom stereocenters. The number of nitrogens with two attached hydrogens (primary N) is 1. The van der Waals surface area contributed by atoms with E-state index in [1.54, 1.807) is 4.31 Å². The number of nitrogens with one attached hydrogen (secondary N) is 1. The third kappa shape index (κ3) is 3.16. The summed E-state index contributed by atoms with van der Waals surface area (Å²) in [6.07, 6.45) is 2.83. The van der Waals surface area contributed by atoms with Gasteiger partial charge in [0.05, 0.1) is 0 Å². The van der Waals surface area contributed by atoms with Crippen LogP contribution in [0.25, 0.3) is 0 Å². The molecule has 16 heavy (non-hydrogen) atoms. The highest BCUT2D eigenvalue weighted by molar-refractivity contribution is 7.87. The molecule has 0 aromatic carbocycles. The molecule has 1 heterocycles. The van der Waals surface area contributed by atoms with Gasteiger partial charge in [0.1, 0.15) is 0 Å². The molecule has 2 unspecified atom stereocenters. The van der Waals surface area contributed by atoms with E-state index in [2.05, 4.69) is 4.72 Å². The topological polar surface area (TPSA) is 75.4 Å². The highest BCUT2D eigenvalue weighted by Gasteiger charge is 2.36. The molecule has 0 amide bonds. The number of hydrogen-bond acceptors (Lipinski definition) is 3. The van der Waals surface area contributed by atoms with Crippen LogP contribution < -0.4 is 10.5 Å². The van der Waals surface area contributed by atoms with Crippen molar-refractivity contribution in [3.63, 3.8) is 0 Å². The molecule has 5 nitrogen and oxygen atoms in total. The summed E-state index contributed by atoms with van der Waals surface area (Å²) in [6, 6.07) is -0.101. The molecule has 1 fully saturated rings. The average Bonchev–Trinajstić information content (AvgIpc) is 2.14. The maximum atomic E-state index is 12.1. The fourth-order valence-corrected chi connectivity index (χ4v) is 4.16. The SMILES string of the molecule is CC(C)NS(=O)(=O)N1C(C)CCCC1CN. The molecular formula is C10H23N3O2S. The van der Waals surface area contributed by atoms with Gasteiger partial charge < -0.3 is 5.73 Å². The molecule has 96 valence electrons. The Hall–Kier alpha value is -0.170. The third-order valence-electron chi connectivity index (χ3n) is 2.89. The minimum atomic E-state index is -3.39. The number of rotatable bonds is 4. The van der Waals surface area contributed by atoms with Crippen molar-refractivity contribution in [3.05, 3.63) is 0 Å². The lowest BCUT2D eigenvalue weighted by Gasteiger charge is -2.39. The molecule has 0 radical (unpaired) electrons. The number of hydrogen-bond donors (Lipinski definition) is 2. The lowest BCUT2D eigenvalue weighted by atomic mass is 10.00. The van der Waals surface area contributed by atoms with Crippen molar-refractivity contribution in [2.24, 2.45) is 5.73 Å². The van der Waals surface area contributed by atoms with Gasteiger partial charge in [-0.1, -0.05) is 6.42 Å². The summed E-state index contributed by atoms with van der Waals surface area (Å²) in [6.45, 7) is 5.98. The fraction of sp³-hybridized carbons (Fsp3) is 1.00. The van der Waals surface area contributed by atoms with Crippen LogP contribution >= 0.6 is 0 Å². The van der Waals surface area contributed by atoms with Crippen LogP contribution in [-0.2, 0) is 10.2 Å². The van der Waals surface area contributed by atoms with E-state index in [4.69, 9.17) is 5.73 Å². The largest absolute Gasteiger partial charge is 0.329 e. The van der Waals surface area contributed by atoms with Crippen LogP contribution in [0.2, 0.25) is 0 Å². The first kappa shape index (κ1) is 13.9. The number of piperidine rings is 1. The average molecular weight is 249 g/mol. The van der Waals surface area contributed by atoms with Gasteiger partial charge in [-0.05, 0) is 33.6 Å². The van der Waals surface area contributed by atoms with Crippen LogP contribution in [0.5, 0.6) is 0 Å². The maximum absolute atomic E-state index is 12.1. The van der Waals surface area contributed by atoms with E-state index in [0.717, 1.165) is 19.3 Å². The van der Waals surface area contributed by atoms with Gasteiger partial charge in [0.25, 0.3) is 10.2 Å². The summed E-state index contributed by atoms with van der Waals surface area (Å²) < 4.78 is 28.4. The second-order valence-corrected chi connectivity index (χ2v) is 6.38. The molecule has 6 heteroatoms. The lowest BCUT2D eigenvalue weighted by Crippen LogP contribution is -2.56. The molecule has 3 N–H and O–H groups in total. The van der Waals surface area contributed by atoms with Gasteiger partial charge in [0, 0.05) is 24.7 Å².